The fraction of sp³-hybridized carbons (Fsp3) is 0.533. The average Bonchev–Trinajstić information content (AvgIpc) is 2.81. The first kappa shape index (κ1) is 13.1. The van der Waals surface area contributed by atoms with Crippen LogP contribution in [0.15, 0.2) is 24.3 Å². The minimum atomic E-state index is -0.258. The van der Waals surface area contributed by atoms with Crippen LogP contribution in [-0.4, -0.2) is 19.1 Å². The number of hydrogen-bond acceptors (Lipinski definition) is 3. The normalized spacial score (nSPS) is 23.0. The van der Waals surface area contributed by atoms with Gasteiger partial charge in [0.25, 0.3) is 0 Å². The zero-order valence-electron chi connectivity index (χ0n) is 11.1. The summed E-state index contributed by atoms with van der Waals surface area (Å²) in [7, 11) is 1.42. The second-order valence-corrected chi connectivity index (χ2v) is 5.04. The van der Waals surface area contributed by atoms with Gasteiger partial charge in [-0.2, -0.15) is 0 Å². The smallest absolute Gasteiger partial charge is 0.338 e. The van der Waals surface area contributed by atoms with Crippen LogP contribution in [0.5, 0.6) is 0 Å². The predicted octanol–water partition coefficient (Wildman–Crippen LogP) is 2.75. The van der Waals surface area contributed by atoms with Crippen molar-refractivity contribution in [1.29, 1.82) is 0 Å². The van der Waals surface area contributed by atoms with E-state index in [1.54, 1.807) is 0 Å². The molecule has 0 spiro atoms. The molecule has 2 unspecified atom stereocenters. The molecule has 1 aromatic rings. The molecule has 2 atom stereocenters. The molecule has 1 aromatic carbocycles. The highest BCUT2D eigenvalue weighted by atomic mass is 16.5. The summed E-state index contributed by atoms with van der Waals surface area (Å²) in [5.41, 5.74) is 1.68. The van der Waals surface area contributed by atoms with Gasteiger partial charge >= 0.3 is 5.97 Å². The minimum Gasteiger partial charge on any atom is -0.465 e. The lowest BCUT2D eigenvalue weighted by molar-refractivity contribution is 0.0599. The van der Waals surface area contributed by atoms with Gasteiger partial charge in [-0.3, -0.25) is 0 Å². The summed E-state index contributed by atoms with van der Waals surface area (Å²) in [6.45, 7) is 3.02. The van der Waals surface area contributed by atoms with Crippen molar-refractivity contribution in [3.63, 3.8) is 0 Å². The van der Waals surface area contributed by atoms with Crippen molar-refractivity contribution in [2.75, 3.05) is 7.11 Å². The van der Waals surface area contributed by atoms with Gasteiger partial charge in [0.2, 0.25) is 0 Å². The number of hydrogen-bond donors (Lipinski definition) is 1. The Kier molecular flexibility index (Phi) is 4.37. The Morgan fingerprint density at radius 2 is 2.17 bits per heavy atom. The number of ether oxygens (including phenoxy) is 1. The van der Waals surface area contributed by atoms with Gasteiger partial charge in [0.1, 0.15) is 0 Å². The number of carbonyl (C=O) groups excluding carboxylic acids is 1. The maximum atomic E-state index is 11.6. The van der Waals surface area contributed by atoms with Gasteiger partial charge in [0, 0.05) is 12.6 Å². The molecule has 1 N–H and O–H groups in total. The molecule has 1 aliphatic carbocycles. The molecule has 0 radical (unpaired) electrons. The van der Waals surface area contributed by atoms with Crippen LogP contribution < -0.4 is 5.32 Å². The topological polar surface area (TPSA) is 38.3 Å². The number of carbonyl (C=O) groups is 1. The molecule has 18 heavy (non-hydrogen) atoms. The first-order valence-electron chi connectivity index (χ1n) is 6.62. The third-order valence-electron chi connectivity index (χ3n) is 3.84. The molecule has 1 aliphatic rings. The molecule has 0 amide bonds. The Hall–Kier alpha value is -1.35. The Bertz CT molecular complexity index is 417. The molecule has 3 nitrogen and oxygen atoms in total. The minimum absolute atomic E-state index is 0.258. The van der Waals surface area contributed by atoms with Crippen molar-refractivity contribution in [2.24, 2.45) is 5.92 Å². The summed E-state index contributed by atoms with van der Waals surface area (Å²) in [5, 5.41) is 3.56. The zero-order chi connectivity index (χ0) is 13.0. The summed E-state index contributed by atoms with van der Waals surface area (Å²) in [5.74, 6) is 0.474. The maximum absolute atomic E-state index is 11.6. The molecule has 3 heteroatoms. The van der Waals surface area contributed by atoms with E-state index in [-0.39, 0.29) is 5.97 Å². The summed E-state index contributed by atoms with van der Waals surface area (Å²) < 4.78 is 4.80. The molecule has 0 heterocycles. The average molecular weight is 247 g/mol. The highest BCUT2D eigenvalue weighted by Crippen LogP contribution is 2.25. The van der Waals surface area contributed by atoms with Gasteiger partial charge in [-0.1, -0.05) is 31.5 Å². The summed E-state index contributed by atoms with van der Waals surface area (Å²) in [6, 6.07) is 8.21. The number of esters is 1. The van der Waals surface area contributed by atoms with Crippen LogP contribution in [0, 0.1) is 5.92 Å². The van der Waals surface area contributed by atoms with Crippen LogP contribution >= 0.6 is 0 Å². The molecule has 0 aromatic heterocycles. The van der Waals surface area contributed by atoms with E-state index in [1.165, 1.54) is 26.4 Å². The van der Waals surface area contributed by atoms with Gasteiger partial charge in [0.05, 0.1) is 12.7 Å². The molecule has 0 bridgehead atoms. The molecular formula is C15H21NO2. The standard InChI is InChI=1S/C15H21NO2/c1-11-6-5-9-14(11)16-10-12-7-3-4-8-13(12)15(17)18-2/h3-4,7-8,11,14,16H,5-6,9-10H2,1-2H3. The van der Waals surface area contributed by atoms with E-state index in [0.29, 0.717) is 11.6 Å². The molecule has 0 aliphatic heterocycles. The van der Waals surface area contributed by atoms with Crippen LogP contribution in [0.4, 0.5) is 0 Å². The Morgan fingerprint density at radius 1 is 1.39 bits per heavy atom. The summed E-state index contributed by atoms with van der Waals surface area (Å²) >= 11 is 0. The van der Waals surface area contributed by atoms with Crippen molar-refractivity contribution >= 4 is 5.97 Å². The molecule has 2 rings (SSSR count). The molecule has 0 saturated heterocycles. The van der Waals surface area contributed by atoms with E-state index in [1.807, 2.05) is 24.3 Å². The molecule has 98 valence electrons. The number of methoxy groups -OCH3 is 1. The van der Waals surface area contributed by atoms with Gasteiger partial charge in [-0.05, 0) is 30.4 Å². The van der Waals surface area contributed by atoms with Crippen LogP contribution in [0.1, 0.15) is 42.1 Å². The number of benzene rings is 1. The van der Waals surface area contributed by atoms with Gasteiger partial charge in [-0.15, -0.1) is 0 Å². The number of rotatable bonds is 4. The lowest BCUT2D eigenvalue weighted by atomic mass is 10.0. The lowest BCUT2D eigenvalue weighted by Gasteiger charge is -2.18. The van der Waals surface area contributed by atoms with Crippen molar-refractivity contribution in [2.45, 2.75) is 38.8 Å². The Balaban J connectivity index is 2.02. The van der Waals surface area contributed by atoms with Gasteiger partial charge < -0.3 is 10.1 Å². The second kappa shape index (κ2) is 6.01. The predicted molar refractivity (Wildman–Crippen MR) is 71.4 cm³/mol. The van der Waals surface area contributed by atoms with Crippen LogP contribution in [0.25, 0.3) is 0 Å². The Morgan fingerprint density at radius 3 is 2.83 bits per heavy atom. The highest BCUT2D eigenvalue weighted by molar-refractivity contribution is 5.90. The third kappa shape index (κ3) is 2.91. The summed E-state index contributed by atoms with van der Waals surface area (Å²) in [4.78, 5) is 11.6. The highest BCUT2D eigenvalue weighted by Gasteiger charge is 2.23. The quantitative estimate of drug-likeness (QED) is 0.831. The van der Waals surface area contributed by atoms with E-state index in [4.69, 9.17) is 4.74 Å². The maximum Gasteiger partial charge on any atom is 0.338 e. The molecule has 1 fully saturated rings. The first-order chi connectivity index (χ1) is 8.72. The van der Waals surface area contributed by atoms with E-state index < -0.39 is 0 Å². The van der Waals surface area contributed by atoms with Crippen molar-refractivity contribution < 1.29 is 9.53 Å². The summed E-state index contributed by atoms with van der Waals surface area (Å²) in [6.07, 6.45) is 3.84. The fourth-order valence-corrected chi connectivity index (χ4v) is 2.67. The van der Waals surface area contributed by atoms with Crippen molar-refractivity contribution in [3.05, 3.63) is 35.4 Å². The number of nitrogens with one attached hydrogen (secondary N) is 1. The zero-order valence-corrected chi connectivity index (χ0v) is 11.1. The van der Waals surface area contributed by atoms with E-state index >= 15 is 0 Å². The fourth-order valence-electron chi connectivity index (χ4n) is 2.67. The lowest BCUT2D eigenvalue weighted by Crippen LogP contribution is -2.31. The third-order valence-corrected chi connectivity index (χ3v) is 3.84. The van der Waals surface area contributed by atoms with Gasteiger partial charge in [-0.25, -0.2) is 4.79 Å². The van der Waals surface area contributed by atoms with Crippen LogP contribution in [0.3, 0.4) is 0 Å². The van der Waals surface area contributed by atoms with E-state index in [0.717, 1.165) is 18.0 Å². The Labute approximate surface area is 109 Å². The van der Waals surface area contributed by atoms with Gasteiger partial charge in [0.15, 0.2) is 0 Å². The van der Waals surface area contributed by atoms with E-state index in [2.05, 4.69) is 12.2 Å². The SMILES string of the molecule is COC(=O)c1ccccc1CNC1CCCC1C. The van der Waals surface area contributed by atoms with Crippen LogP contribution in [-0.2, 0) is 11.3 Å². The monoisotopic (exact) mass is 247 g/mol. The van der Waals surface area contributed by atoms with Crippen molar-refractivity contribution in [3.8, 4) is 0 Å². The molecular weight excluding hydrogens is 226 g/mol. The largest absolute Gasteiger partial charge is 0.465 e. The molecule has 1 saturated carbocycles. The van der Waals surface area contributed by atoms with Crippen molar-refractivity contribution in [1.82, 2.24) is 5.32 Å². The van der Waals surface area contributed by atoms with Crippen LogP contribution in [0.2, 0.25) is 0 Å². The first-order valence-corrected chi connectivity index (χ1v) is 6.62. The van der Waals surface area contributed by atoms with E-state index in [9.17, 15) is 4.79 Å². The second-order valence-electron chi connectivity index (χ2n) is 5.04.